The fraction of sp³-hybridized carbons (Fsp3) is 0.333. The maximum Gasteiger partial charge on any atom is 0.269 e. The number of benzene rings is 1. The molecule has 0 aliphatic heterocycles. The average molecular weight is 361 g/mol. The first-order valence-electron chi connectivity index (χ1n) is 7.93. The van der Waals surface area contributed by atoms with Crippen molar-refractivity contribution in [2.24, 2.45) is 0 Å². The summed E-state index contributed by atoms with van der Waals surface area (Å²) in [5.41, 5.74) is 1.78. The molecule has 0 atom stereocenters. The molecule has 0 radical (unpaired) electrons. The van der Waals surface area contributed by atoms with E-state index in [-0.39, 0.29) is 5.91 Å². The Balaban J connectivity index is 2.12. The summed E-state index contributed by atoms with van der Waals surface area (Å²) in [5.74, 6) is 1.34. The molecule has 26 heavy (non-hydrogen) atoms. The van der Waals surface area contributed by atoms with Crippen LogP contribution in [0.1, 0.15) is 10.5 Å². The average Bonchev–Trinajstić information content (AvgIpc) is 2.67. The van der Waals surface area contributed by atoms with E-state index in [1.165, 1.54) is 0 Å². The highest BCUT2D eigenvalue weighted by Gasteiger charge is 2.13. The summed E-state index contributed by atoms with van der Waals surface area (Å²) in [6.45, 7) is 0.884. The van der Waals surface area contributed by atoms with Gasteiger partial charge >= 0.3 is 0 Å². The molecule has 8 heteroatoms. The van der Waals surface area contributed by atoms with Crippen LogP contribution in [0, 0.1) is 0 Å². The van der Waals surface area contributed by atoms with Crippen molar-refractivity contribution in [2.75, 3.05) is 46.9 Å². The van der Waals surface area contributed by atoms with Crippen LogP contribution in [0.2, 0.25) is 0 Å². The van der Waals surface area contributed by atoms with Gasteiger partial charge in [-0.25, -0.2) is 4.98 Å². The monoisotopic (exact) mass is 361 g/mol. The predicted octanol–water partition coefficient (Wildman–Crippen LogP) is 2.23. The van der Waals surface area contributed by atoms with Gasteiger partial charge in [-0.15, -0.1) is 0 Å². The van der Waals surface area contributed by atoms with Gasteiger partial charge in [0.2, 0.25) is 5.75 Å². The molecule has 0 fully saturated rings. The second-order valence-corrected chi connectivity index (χ2v) is 5.22. The van der Waals surface area contributed by atoms with E-state index in [9.17, 15) is 4.79 Å². The van der Waals surface area contributed by atoms with Gasteiger partial charge in [-0.3, -0.25) is 4.79 Å². The number of carbonyl (C=O) groups is 1. The minimum Gasteiger partial charge on any atom is -0.493 e. The Bertz CT molecular complexity index is 709. The van der Waals surface area contributed by atoms with Crippen molar-refractivity contribution < 1.29 is 23.7 Å². The number of pyridine rings is 1. The van der Waals surface area contributed by atoms with Gasteiger partial charge in [-0.05, 0) is 12.1 Å². The molecule has 8 nitrogen and oxygen atoms in total. The quantitative estimate of drug-likeness (QED) is 0.662. The molecule has 1 aromatic carbocycles. The summed E-state index contributed by atoms with van der Waals surface area (Å²) in [5, 5.41) is 5.91. The zero-order valence-corrected chi connectivity index (χ0v) is 15.3. The smallest absolute Gasteiger partial charge is 0.269 e. The van der Waals surface area contributed by atoms with Crippen LogP contribution in [-0.4, -0.2) is 52.5 Å². The first-order chi connectivity index (χ1) is 12.6. The van der Waals surface area contributed by atoms with E-state index in [1.54, 1.807) is 58.9 Å². The Kier molecular flexibility index (Phi) is 7.04. The molecule has 0 saturated carbocycles. The zero-order chi connectivity index (χ0) is 18.9. The summed E-state index contributed by atoms with van der Waals surface area (Å²) in [6.07, 6.45) is 1.58. The molecule has 0 bridgehead atoms. The van der Waals surface area contributed by atoms with Crippen LogP contribution in [0.5, 0.6) is 17.2 Å². The number of rotatable bonds is 9. The number of hydrogen-bond donors (Lipinski definition) is 2. The number of methoxy groups -OCH3 is 4. The summed E-state index contributed by atoms with van der Waals surface area (Å²) >= 11 is 0. The molecule has 2 aromatic rings. The standard InChI is InChI=1S/C18H23N3O5/c1-23-8-7-19-18(22)14-6-5-12(11-20-14)21-13-9-15(24-2)17(26-4)16(10-13)25-3/h5-6,9-11,21H,7-8H2,1-4H3,(H,19,22). The van der Waals surface area contributed by atoms with Crippen LogP contribution < -0.4 is 24.8 Å². The Morgan fingerprint density at radius 3 is 2.19 bits per heavy atom. The minimum absolute atomic E-state index is 0.249. The fourth-order valence-corrected chi connectivity index (χ4v) is 2.28. The van der Waals surface area contributed by atoms with Gasteiger partial charge in [-0.2, -0.15) is 0 Å². The van der Waals surface area contributed by atoms with Crippen LogP contribution in [0.25, 0.3) is 0 Å². The third-order valence-corrected chi connectivity index (χ3v) is 3.54. The van der Waals surface area contributed by atoms with Crippen LogP contribution in [0.15, 0.2) is 30.5 Å². The number of amides is 1. The van der Waals surface area contributed by atoms with Gasteiger partial charge in [0.1, 0.15) is 5.69 Å². The molecular weight excluding hydrogens is 338 g/mol. The number of anilines is 2. The topological polar surface area (TPSA) is 90.9 Å². The summed E-state index contributed by atoms with van der Waals surface area (Å²) in [7, 11) is 6.24. The normalized spacial score (nSPS) is 10.2. The molecule has 140 valence electrons. The number of ether oxygens (including phenoxy) is 4. The first-order valence-corrected chi connectivity index (χ1v) is 7.93. The van der Waals surface area contributed by atoms with E-state index in [2.05, 4.69) is 15.6 Å². The molecule has 0 saturated heterocycles. The molecule has 1 heterocycles. The molecule has 1 aromatic heterocycles. The van der Waals surface area contributed by atoms with Gasteiger partial charge in [0, 0.05) is 31.5 Å². The van der Waals surface area contributed by atoms with Gasteiger partial charge in [0.05, 0.1) is 39.8 Å². The highest BCUT2D eigenvalue weighted by Crippen LogP contribution is 2.40. The lowest BCUT2D eigenvalue weighted by molar-refractivity contribution is 0.0932. The van der Waals surface area contributed by atoms with Crippen LogP contribution in [0.4, 0.5) is 11.4 Å². The lowest BCUT2D eigenvalue weighted by Gasteiger charge is -2.15. The second-order valence-electron chi connectivity index (χ2n) is 5.22. The first kappa shape index (κ1) is 19.3. The predicted molar refractivity (Wildman–Crippen MR) is 97.8 cm³/mol. The molecule has 0 unspecified atom stereocenters. The lowest BCUT2D eigenvalue weighted by Crippen LogP contribution is -2.27. The van der Waals surface area contributed by atoms with Crippen molar-refractivity contribution in [3.63, 3.8) is 0 Å². The van der Waals surface area contributed by atoms with Gasteiger partial charge in [0.15, 0.2) is 11.5 Å². The van der Waals surface area contributed by atoms with Crippen molar-refractivity contribution in [3.8, 4) is 17.2 Å². The van der Waals surface area contributed by atoms with E-state index in [4.69, 9.17) is 18.9 Å². The van der Waals surface area contributed by atoms with Gasteiger partial charge in [0.25, 0.3) is 5.91 Å². The highest BCUT2D eigenvalue weighted by atomic mass is 16.5. The molecule has 2 N–H and O–H groups in total. The molecule has 0 aliphatic carbocycles. The summed E-state index contributed by atoms with van der Waals surface area (Å²) < 4.78 is 20.9. The molecular formula is C18H23N3O5. The number of hydrogen-bond acceptors (Lipinski definition) is 7. The highest BCUT2D eigenvalue weighted by molar-refractivity contribution is 5.92. The largest absolute Gasteiger partial charge is 0.493 e. The second kappa shape index (κ2) is 9.47. The molecule has 0 aliphatic rings. The summed E-state index contributed by atoms with van der Waals surface area (Å²) in [4.78, 5) is 16.1. The van der Waals surface area contributed by atoms with E-state index in [0.717, 1.165) is 5.69 Å². The van der Waals surface area contributed by atoms with Crippen LogP contribution in [-0.2, 0) is 4.74 Å². The Labute approximate surface area is 152 Å². The zero-order valence-electron chi connectivity index (χ0n) is 15.3. The maximum absolute atomic E-state index is 11.9. The van der Waals surface area contributed by atoms with Crippen molar-refractivity contribution in [1.29, 1.82) is 0 Å². The van der Waals surface area contributed by atoms with E-state index in [0.29, 0.717) is 41.8 Å². The van der Waals surface area contributed by atoms with E-state index in [1.807, 2.05) is 0 Å². The number of carbonyl (C=O) groups excluding carboxylic acids is 1. The van der Waals surface area contributed by atoms with Gasteiger partial charge < -0.3 is 29.6 Å². The van der Waals surface area contributed by atoms with E-state index >= 15 is 0 Å². The number of nitrogens with zero attached hydrogens (tertiary/aromatic N) is 1. The summed E-state index contributed by atoms with van der Waals surface area (Å²) in [6, 6.07) is 6.98. The SMILES string of the molecule is COCCNC(=O)c1ccc(Nc2cc(OC)c(OC)c(OC)c2)cn1. The molecule has 1 amide bonds. The Morgan fingerprint density at radius 2 is 1.69 bits per heavy atom. The molecule has 0 spiro atoms. The van der Waals surface area contributed by atoms with Crippen molar-refractivity contribution in [2.45, 2.75) is 0 Å². The minimum atomic E-state index is -0.249. The third kappa shape index (κ3) is 4.76. The van der Waals surface area contributed by atoms with Crippen molar-refractivity contribution >= 4 is 17.3 Å². The Hall–Kier alpha value is -3.00. The number of aromatic nitrogens is 1. The molecule has 2 rings (SSSR count). The third-order valence-electron chi connectivity index (χ3n) is 3.54. The van der Waals surface area contributed by atoms with Crippen LogP contribution >= 0.6 is 0 Å². The van der Waals surface area contributed by atoms with Crippen LogP contribution in [0.3, 0.4) is 0 Å². The van der Waals surface area contributed by atoms with Gasteiger partial charge in [-0.1, -0.05) is 0 Å². The van der Waals surface area contributed by atoms with Crippen molar-refractivity contribution in [1.82, 2.24) is 10.3 Å². The fourth-order valence-electron chi connectivity index (χ4n) is 2.28. The lowest BCUT2D eigenvalue weighted by atomic mass is 10.2. The Morgan fingerprint density at radius 1 is 1.00 bits per heavy atom. The van der Waals surface area contributed by atoms with Crippen molar-refractivity contribution in [3.05, 3.63) is 36.2 Å². The maximum atomic E-state index is 11.9. The van der Waals surface area contributed by atoms with E-state index < -0.39 is 0 Å². The number of nitrogens with one attached hydrogen (secondary N) is 2.